The van der Waals surface area contributed by atoms with Gasteiger partial charge >= 0.3 is 0 Å². The summed E-state index contributed by atoms with van der Waals surface area (Å²) in [4.78, 5) is 18.5. The molecule has 1 aromatic heterocycles. The van der Waals surface area contributed by atoms with Crippen LogP contribution in [0.4, 0.5) is 0 Å². The number of carbonyl (C=O) groups is 1. The molecule has 0 atom stereocenters. The average molecular weight is 308 g/mol. The number of thiazole rings is 1. The van der Waals surface area contributed by atoms with Gasteiger partial charge in [-0.25, -0.2) is 4.98 Å². The Kier molecular flexibility index (Phi) is 3.74. The molecule has 1 aliphatic heterocycles. The van der Waals surface area contributed by atoms with Gasteiger partial charge in [-0.05, 0) is 23.6 Å². The van der Waals surface area contributed by atoms with Gasteiger partial charge in [0.05, 0.1) is 0 Å². The van der Waals surface area contributed by atoms with Gasteiger partial charge in [0.25, 0.3) is 5.91 Å². The molecular weight excluding hydrogens is 294 g/mol. The lowest BCUT2D eigenvalue weighted by Crippen LogP contribution is -2.36. The van der Waals surface area contributed by atoms with Crippen molar-refractivity contribution in [3.63, 3.8) is 0 Å². The SMILES string of the molecule is NCc1nc(C(=O)N2CCc3c(Cl)cccc3C2)cs1. The summed E-state index contributed by atoms with van der Waals surface area (Å²) in [6.07, 6.45) is 0.786. The maximum absolute atomic E-state index is 12.4. The van der Waals surface area contributed by atoms with Gasteiger partial charge in [-0.2, -0.15) is 0 Å². The molecule has 4 nitrogen and oxygen atoms in total. The van der Waals surface area contributed by atoms with E-state index in [9.17, 15) is 4.79 Å². The Morgan fingerprint density at radius 3 is 3.10 bits per heavy atom. The smallest absolute Gasteiger partial charge is 0.273 e. The fourth-order valence-electron chi connectivity index (χ4n) is 2.40. The summed E-state index contributed by atoms with van der Waals surface area (Å²) in [7, 11) is 0. The summed E-state index contributed by atoms with van der Waals surface area (Å²) in [5, 5.41) is 3.35. The van der Waals surface area contributed by atoms with E-state index in [0.29, 0.717) is 25.3 Å². The number of rotatable bonds is 2. The highest BCUT2D eigenvalue weighted by molar-refractivity contribution is 7.09. The number of benzene rings is 1. The van der Waals surface area contributed by atoms with Crippen LogP contribution in [0.25, 0.3) is 0 Å². The number of carbonyl (C=O) groups excluding carboxylic acids is 1. The fourth-order valence-corrected chi connectivity index (χ4v) is 3.34. The molecule has 0 saturated heterocycles. The van der Waals surface area contributed by atoms with Crippen LogP contribution in [-0.4, -0.2) is 22.3 Å². The largest absolute Gasteiger partial charge is 0.333 e. The predicted molar refractivity (Wildman–Crippen MR) is 79.9 cm³/mol. The van der Waals surface area contributed by atoms with E-state index in [1.54, 1.807) is 5.38 Å². The second kappa shape index (κ2) is 5.52. The zero-order valence-corrected chi connectivity index (χ0v) is 12.4. The van der Waals surface area contributed by atoms with Gasteiger partial charge in [0.2, 0.25) is 0 Å². The molecule has 20 heavy (non-hydrogen) atoms. The lowest BCUT2D eigenvalue weighted by molar-refractivity contribution is 0.0729. The molecule has 2 N–H and O–H groups in total. The number of nitrogens with two attached hydrogens (primary N) is 1. The number of fused-ring (bicyclic) bond motifs is 1. The summed E-state index contributed by atoms with van der Waals surface area (Å²) in [5.41, 5.74) is 8.29. The zero-order valence-electron chi connectivity index (χ0n) is 10.8. The van der Waals surface area contributed by atoms with E-state index in [2.05, 4.69) is 4.98 Å². The second-order valence-corrected chi connectivity index (χ2v) is 6.03. The third-order valence-electron chi connectivity index (χ3n) is 3.44. The van der Waals surface area contributed by atoms with Gasteiger partial charge in [0.1, 0.15) is 10.7 Å². The van der Waals surface area contributed by atoms with Crippen LogP contribution >= 0.6 is 22.9 Å². The van der Waals surface area contributed by atoms with Gasteiger partial charge in [0, 0.05) is 30.0 Å². The molecule has 0 radical (unpaired) electrons. The molecule has 0 bridgehead atoms. The molecular formula is C14H14ClN3OS. The minimum Gasteiger partial charge on any atom is -0.333 e. The van der Waals surface area contributed by atoms with E-state index in [1.165, 1.54) is 11.3 Å². The molecule has 0 saturated carbocycles. The fraction of sp³-hybridized carbons (Fsp3) is 0.286. The summed E-state index contributed by atoms with van der Waals surface area (Å²) in [5.74, 6) is -0.0356. The lowest BCUT2D eigenvalue weighted by atomic mass is 9.99. The van der Waals surface area contributed by atoms with Crippen molar-refractivity contribution in [2.24, 2.45) is 5.73 Å². The van der Waals surface area contributed by atoms with E-state index in [0.717, 1.165) is 27.6 Å². The highest BCUT2D eigenvalue weighted by atomic mass is 35.5. The molecule has 2 aromatic rings. The molecule has 1 amide bonds. The maximum Gasteiger partial charge on any atom is 0.273 e. The molecule has 0 unspecified atom stereocenters. The summed E-state index contributed by atoms with van der Waals surface area (Å²) < 4.78 is 0. The first-order valence-corrected chi connectivity index (χ1v) is 7.65. The summed E-state index contributed by atoms with van der Waals surface area (Å²) in [6.45, 7) is 1.63. The standard InChI is InChI=1S/C14H14ClN3OS/c15-11-3-1-2-9-7-18(5-4-10(9)11)14(19)12-8-20-13(6-16)17-12/h1-3,8H,4-7,16H2. The third kappa shape index (κ3) is 2.44. The quantitative estimate of drug-likeness (QED) is 0.927. The Labute approximate surface area is 126 Å². The van der Waals surface area contributed by atoms with Gasteiger partial charge in [0.15, 0.2) is 0 Å². The van der Waals surface area contributed by atoms with Crippen molar-refractivity contribution in [1.82, 2.24) is 9.88 Å². The second-order valence-electron chi connectivity index (χ2n) is 4.68. The van der Waals surface area contributed by atoms with Crippen LogP contribution in [0, 0.1) is 0 Å². The number of aromatic nitrogens is 1. The predicted octanol–water partition coefficient (Wildman–Crippen LogP) is 2.45. The summed E-state index contributed by atoms with van der Waals surface area (Å²) in [6, 6.07) is 5.84. The van der Waals surface area contributed by atoms with Crippen LogP contribution in [0.3, 0.4) is 0 Å². The van der Waals surface area contributed by atoms with E-state index in [1.807, 2.05) is 23.1 Å². The summed E-state index contributed by atoms with van der Waals surface area (Å²) >= 11 is 7.61. The van der Waals surface area contributed by atoms with Crippen LogP contribution in [-0.2, 0) is 19.5 Å². The molecule has 1 aliphatic rings. The van der Waals surface area contributed by atoms with E-state index in [4.69, 9.17) is 17.3 Å². The third-order valence-corrected chi connectivity index (χ3v) is 4.67. The lowest BCUT2D eigenvalue weighted by Gasteiger charge is -2.28. The number of hydrogen-bond donors (Lipinski definition) is 1. The normalized spacial score (nSPS) is 14.2. The van der Waals surface area contributed by atoms with Gasteiger partial charge in [-0.3, -0.25) is 4.79 Å². The van der Waals surface area contributed by atoms with Crippen molar-refractivity contribution in [2.45, 2.75) is 19.5 Å². The molecule has 1 aromatic carbocycles. The van der Waals surface area contributed by atoms with Crippen molar-refractivity contribution < 1.29 is 4.79 Å². The first-order valence-electron chi connectivity index (χ1n) is 6.39. The number of halogens is 1. The first-order chi connectivity index (χ1) is 9.69. The topological polar surface area (TPSA) is 59.2 Å². The number of amides is 1. The van der Waals surface area contributed by atoms with Gasteiger partial charge < -0.3 is 10.6 Å². The molecule has 3 rings (SSSR count). The van der Waals surface area contributed by atoms with Crippen molar-refractivity contribution in [3.8, 4) is 0 Å². The Balaban J connectivity index is 1.81. The monoisotopic (exact) mass is 307 g/mol. The van der Waals surface area contributed by atoms with Gasteiger partial charge in [-0.15, -0.1) is 11.3 Å². The van der Waals surface area contributed by atoms with E-state index < -0.39 is 0 Å². The Morgan fingerprint density at radius 1 is 1.50 bits per heavy atom. The van der Waals surface area contributed by atoms with Crippen LogP contribution in [0.5, 0.6) is 0 Å². The molecule has 6 heteroatoms. The van der Waals surface area contributed by atoms with Crippen LogP contribution in [0.2, 0.25) is 5.02 Å². The van der Waals surface area contributed by atoms with E-state index in [-0.39, 0.29) is 5.91 Å². The van der Waals surface area contributed by atoms with Crippen molar-refractivity contribution in [3.05, 3.63) is 50.4 Å². The average Bonchev–Trinajstić information content (AvgIpc) is 2.95. The van der Waals surface area contributed by atoms with E-state index >= 15 is 0 Å². The Bertz CT molecular complexity index is 656. The first kappa shape index (κ1) is 13.5. The van der Waals surface area contributed by atoms with Gasteiger partial charge in [-0.1, -0.05) is 23.7 Å². The molecule has 2 heterocycles. The highest BCUT2D eigenvalue weighted by Gasteiger charge is 2.24. The number of hydrogen-bond acceptors (Lipinski definition) is 4. The molecule has 0 aliphatic carbocycles. The maximum atomic E-state index is 12.4. The van der Waals surface area contributed by atoms with Crippen LogP contribution in [0.1, 0.15) is 26.6 Å². The van der Waals surface area contributed by atoms with Crippen LogP contribution < -0.4 is 5.73 Å². The highest BCUT2D eigenvalue weighted by Crippen LogP contribution is 2.26. The van der Waals surface area contributed by atoms with Crippen LogP contribution in [0.15, 0.2) is 23.6 Å². The van der Waals surface area contributed by atoms with Crippen molar-refractivity contribution in [2.75, 3.05) is 6.54 Å². The molecule has 0 fully saturated rings. The number of nitrogens with zero attached hydrogens (tertiary/aromatic N) is 2. The zero-order chi connectivity index (χ0) is 14.1. The van der Waals surface area contributed by atoms with Crippen molar-refractivity contribution >= 4 is 28.8 Å². The molecule has 0 spiro atoms. The minimum atomic E-state index is -0.0356. The molecule has 104 valence electrons. The Morgan fingerprint density at radius 2 is 2.35 bits per heavy atom. The van der Waals surface area contributed by atoms with Crippen molar-refractivity contribution in [1.29, 1.82) is 0 Å². The minimum absolute atomic E-state index is 0.0356. The Hall–Kier alpha value is -1.43.